The molecular formula is H35Cl2N11OS. The Morgan fingerprint density at radius 2 is 0.400 bits per heavy atom. The summed E-state index contributed by atoms with van der Waals surface area (Å²) in [6.07, 6.45) is 0. The van der Waals surface area contributed by atoms with Gasteiger partial charge in [-0.3, -0.25) is 0 Å². The molecule has 0 aromatic carbocycles. The topological polar surface area (TPSA) is 394 Å². The first-order valence-electron chi connectivity index (χ1n) is 0.309. The number of rotatable bonds is 0. The molecule has 0 aliphatic rings. The SMILES string of the molecule is ClOCl.N.N.N.N.N.N.N.N.N.N.N.S. The van der Waals surface area contributed by atoms with Gasteiger partial charge in [0.15, 0.2) is 0 Å². The number of halogens is 2. The number of hydrogen-bond donors (Lipinski definition) is 11. The van der Waals surface area contributed by atoms with Crippen molar-refractivity contribution >= 4 is 37.2 Å². The molecule has 33 N–H and O–H groups in total. The average Bonchev–Trinajstić information content (AvgIpc) is 0.918. The van der Waals surface area contributed by atoms with Crippen molar-refractivity contribution in [3.63, 3.8) is 0 Å². The summed E-state index contributed by atoms with van der Waals surface area (Å²) in [6.45, 7) is 0. The third-order valence-corrected chi connectivity index (χ3v) is 0. The van der Waals surface area contributed by atoms with Crippen LogP contribution < -0.4 is 67.7 Å². The maximum absolute atomic E-state index is 4.26. The van der Waals surface area contributed by atoms with Gasteiger partial charge in [-0.15, -0.1) is 0 Å². The predicted molar refractivity (Wildman–Crippen MR) is 78.4 cm³/mol. The van der Waals surface area contributed by atoms with E-state index in [-0.39, 0.29) is 81.2 Å². The molecule has 0 spiro atoms. The van der Waals surface area contributed by atoms with Crippen LogP contribution in [0.5, 0.6) is 0 Å². The third-order valence-electron chi connectivity index (χ3n) is 0. The van der Waals surface area contributed by atoms with Crippen molar-refractivity contribution in [1.29, 1.82) is 0 Å². The first-order valence-corrected chi connectivity index (χ1v) is 0.926. The molecular weight excluding hydrogens is 273 g/mol. The summed E-state index contributed by atoms with van der Waals surface area (Å²) in [5.74, 6) is 0. The van der Waals surface area contributed by atoms with Crippen LogP contribution in [-0.4, -0.2) is 0 Å². The van der Waals surface area contributed by atoms with E-state index >= 15 is 0 Å². The minimum Gasteiger partial charge on any atom is -0.344 e. The summed E-state index contributed by atoms with van der Waals surface area (Å²) in [7, 11) is 0. The molecule has 15 heteroatoms. The lowest BCUT2D eigenvalue weighted by Crippen LogP contribution is -1.15. The Bertz CT molecular complexity index is 18.5. The highest BCUT2D eigenvalue weighted by molar-refractivity contribution is 7.59. The van der Waals surface area contributed by atoms with Gasteiger partial charge < -0.3 is 67.7 Å². The lowest BCUT2D eigenvalue weighted by molar-refractivity contribution is 0.697. The molecule has 12 nitrogen and oxygen atoms in total. The van der Waals surface area contributed by atoms with Gasteiger partial charge in [-0.25, -0.2) is 0 Å². The molecule has 0 aliphatic carbocycles. The fourth-order valence-electron chi connectivity index (χ4n) is 0. The van der Waals surface area contributed by atoms with Crippen LogP contribution in [-0.2, 0) is 3.84 Å². The van der Waals surface area contributed by atoms with E-state index in [2.05, 4.69) is 27.6 Å². The van der Waals surface area contributed by atoms with Crippen LogP contribution in [0.15, 0.2) is 0 Å². The van der Waals surface area contributed by atoms with Gasteiger partial charge in [0.1, 0.15) is 0 Å². The fourth-order valence-corrected chi connectivity index (χ4v) is 0. The summed E-state index contributed by atoms with van der Waals surface area (Å²) in [6, 6.07) is 0. The predicted octanol–water partition coefficient (Wildman–Crippen LogP) is 3.21. The van der Waals surface area contributed by atoms with Crippen molar-refractivity contribution < 1.29 is 3.84 Å². The Kier molecular flexibility index (Phi) is 44500. The summed E-state index contributed by atoms with van der Waals surface area (Å²) < 4.78 is 3.19. The quantitative estimate of drug-likeness (QED) is 0.306. The Morgan fingerprint density at radius 1 is 0.400 bits per heavy atom. The van der Waals surface area contributed by atoms with E-state index in [4.69, 9.17) is 0 Å². The van der Waals surface area contributed by atoms with E-state index in [1.807, 2.05) is 0 Å². The van der Waals surface area contributed by atoms with E-state index in [0.29, 0.717) is 0 Å². The molecule has 0 rings (SSSR count). The molecule has 0 saturated heterocycles. The molecule has 0 radical (unpaired) electrons. The Labute approximate surface area is 109 Å². The van der Waals surface area contributed by atoms with Gasteiger partial charge in [0.2, 0.25) is 0 Å². The summed E-state index contributed by atoms with van der Waals surface area (Å²) >= 11 is 8.53. The maximum Gasteiger partial charge on any atom is 0.0832 e. The van der Waals surface area contributed by atoms with E-state index in [1.54, 1.807) is 0 Å². The first kappa shape index (κ1) is 537. The van der Waals surface area contributed by atoms with Crippen molar-refractivity contribution in [2.24, 2.45) is 0 Å². The van der Waals surface area contributed by atoms with Gasteiger partial charge in [-0.2, -0.15) is 17.3 Å². The van der Waals surface area contributed by atoms with E-state index in [0.717, 1.165) is 0 Å². The zero-order valence-corrected chi connectivity index (χ0v) is 12.0. The van der Waals surface area contributed by atoms with Crippen molar-refractivity contribution in [2.45, 2.75) is 0 Å². The molecule has 0 saturated carbocycles. The molecule has 116 valence electrons. The highest BCUT2D eigenvalue weighted by Crippen LogP contribution is 1.78. The zero-order chi connectivity index (χ0) is 2.71. The molecule has 0 fully saturated rings. The molecule has 0 unspecified atom stereocenters. The Hall–Kier alpha value is 0.450. The molecule has 0 heterocycles. The molecule has 15 heavy (non-hydrogen) atoms. The Morgan fingerprint density at radius 3 is 0.400 bits per heavy atom. The molecule has 0 aliphatic heterocycles. The largest absolute Gasteiger partial charge is 0.344 e. The second kappa shape index (κ2) is 1240. The van der Waals surface area contributed by atoms with Gasteiger partial charge in [0.05, 0.1) is 23.7 Å². The van der Waals surface area contributed by atoms with Gasteiger partial charge >= 0.3 is 0 Å². The van der Waals surface area contributed by atoms with Crippen molar-refractivity contribution in [3.05, 3.63) is 0 Å². The van der Waals surface area contributed by atoms with Gasteiger partial charge in [0, 0.05) is 0 Å². The van der Waals surface area contributed by atoms with Crippen molar-refractivity contribution in [2.75, 3.05) is 0 Å². The van der Waals surface area contributed by atoms with E-state index in [1.165, 1.54) is 0 Å². The highest BCUT2D eigenvalue weighted by atomic mass is 35.6. The van der Waals surface area contributed by atoms with Crippen LogP contribution in [0.2, 0.25) is 0 Å². The average molecular weight is 308 g/mol. The van der Waals surface area contributed by atoms with Crippen LogP contribution in [0.1, 0.15) is 0 Å². The summed E-state index contributed by atoms with van der Waals surface area (Å²) in [5.41, 5.74) is 0. The smallest absolute Gasteiger partial charge is 0.0832 e. The monoisotopic (exact) mass is 307 g/mol. The molecule has 0 atom stereocenters. The van der Waals surface area contributed by atoms with Gasteiger partial charge in [-0.05, 0) is 0 Å². The molecule has 0 bridgehead atoms. The molecule has 0 aromatic heterocycles. The minimum atomic E-state index is 0. The van der Waals surface area contributed by atoms with Crippen LogP contribution in [0, 0.1) is 0 Å². The van der Waals surface area contributed by atoms with E-state index in [9.17, 15) is 0 Å². The summed E-state index contributed by atoms with van der Waals surface area (Å²) in [5, 5.41) is 0. The normalized spacial score (nSPS) is 1.20. The van der Waals surface area contributed by atoms with Crippen LogP contribution in [0.4, 0.5) is 0 Å². The van der Waals surface area contributed by atoms with Gasteiger partial charge in [-0.1, -0.05) is 0 Å². The van der Waals surface area contributed by atoms with E-state index < -0.39 is 0 Å². The third kappa shape index (κ3) is 11100. The number of hydrogen-bond acceptors (Lipinski definition) is 12. The highest BCUT2D eigenvalue weighted by Gasteiger charge is 1.38. The Balaban J connectivity index is -0.000000000303. The first-order chi connectivity index (χ1) is 1.41. The zero-order valence-electron chi connectivity index (χ0n) is 9.44. The van der Waals surface area contributed by atoms with Crippen LogP contribution >= 0.6 is 37.2 Å². The fraction of sp³-hybridized carbons (Fsp3) is 0. The lowest BCUT2D eigenvalue weighted by atomic mass is 14.0. The van der Waals surface area contributed by atoms with Gasteiger partial charge in [0.25, 0.3) is 0 Å². The second-order valence-corrected chi connectivity index (χ2v) is 0.525. The lowest BCUT2D eigenvalue weighted by Gasteiger charge is -1.46. The summed E-state index contributed by atoms with van der Waals surface area (Å²) in [4.78, 5) is 0. The molecule has 0 aromatic rings. The van der Waals surface area contributed by atoms with Crippen LogP contribution in [0.3, 0.4) is 0 Å². The molecule has 0 amide bonds. The van der Waals surface area contributed by atoms with Crippen molar-refractivity contribution in [1.82, 2.24) is 67.7 Å². The maximum atomic E-state index is 4.26. The minimum absolute atomic E-state index is 0. The van der Waals surface area contributed by atoms with Crippen LogP contribution in [0.25, 0.3) is 0 Å². The second-order valence-electron chi connectivity index (χ2n) is 0.0583. The standard InChI is InChI=1S/Cl2O.11H3N.H2S/c1-3-2;;;;;;;;;;;;/h;11*1H3;1H2. The van der Waals surface area contributed by atoms with Crippen molar-refractivity contribution in [3.8, 4) is 0 Å².